The molecule has 1 fully saturated rings. The first kappa shape index (κ1) is 22.3. The van der Waals surface area contributed by atoms with E-state index in [0.717, 1.165) is 25.6 Å². The molecule has 0 aromatic carbocycles. The van der Waals surface area contributed by atoms with E-state index in [-0.39, 0.29) is 30.9 Å². The van der Waals surface area contributed by atoms with Crippen molar-refractivity contribution in [3.63, 3.8) is 0 Å². The number of halogens is 3. The molecule has 1 aliphatic heterocycles. The molecule has 1 amide bonds. The van der Waals surface area contributed by atoms with Crippen molar-refractivity contribution >= 4 is 5.91 Å². The molecule has 1 saturated heterocycles. The van der Waals surface area contributed by atoms with Crippen LogP contribution in [0.15, 0.2) is 42.6 Å². The number of allylic oxidation sites excluding steroid dienone is 4. The van der Waals surface area contributed by atoms with Crippen LogP contribution in [0.25, 0.3) is 0 Å². The number of ether oxygens (including phenoxy) is 1. The molecule has 4 atom stereocenters. The van der Waals surface area contributed by atoms with Crippen molar-refractivity contribution in [3.05, 3.63) is 48.2 Å². The topological polar surface area (TPSA) is 54.5 Å². The maximum absolute atomic E-state index is 13.0. The molecule has 0 spiro atoms. The van der Waals surface area contributed by atoms with E-state index in [1.165, 1.54) is 12.3 Å². The SMILES string of the molecule is CC1C=CC=CC1[C@@H]1CNCC[C@@H]1N(C)C(=O)CCOc1ncccc1C(F)(F)F. The van der Waals surface area contributed by atoms with Crippen molar-refractivity contribution in [1.29, 1.82) is 0 Å². The predicted octanol–water partition coefficient (Wildman–Crippen LogP) is 3.68. The first-order valence-corrected chi connectivity index (χ1v) is 10.3. The van der Waals surface area contributed by atoms with Gasteiger partial charge in [-0.2, -0.15) is 13.2 Å². The van der Waals surface area contributed by atoms with Gasteiger partial charge in [-0.25, -0.2) is 4.98 Å². The highest BCUT2D eigenvalue weighted by atomic mass is 19.4. The zero-order valence-corrected chi connectivity index (χ0v) is 17.2. The van der Waals surface area contributed by atoms with Gasteiger partial charge in [0.25, 0.3) is 0 Å². The lowest BCUT2D eigenvalue weighted by molar-refractivity contribution is -0.139. The Morgan fingerprint density at radius 1 is 1.33 bits per heavy atom. The van der Waals surface area contributed by atoms with Crippen molar-refractivity contribution in [2.45, 2.75) is 32.0 Å². The van der Waals surface area contributed by atoms with Gasteiger partial charge in [0.2, 0.25) is 11.8 Å². The summed E-state index contributed by atoms with van der Waals surface area (Å²) in [6.07, 6.45) is 6.01. The number of nitrogens with zero attached hydrogens (tertiary/aromatic N) is 2. The molecule has 2 unspecified atom stereocenters. The van der Waals surface area contributed by atoms with Crippen LogP contribution in [0.4, 0.5) is 13.2 Å². The van der Waals surface area contributed by atoms with Gasteiger partial charge in [0.1, 0.15) is 5.56 Å². The average molecular weight is 423 g/mol. The van der Waals surface area contributed by atoms with E-state index in [4.69, 9.17) is 4.74 Å². The minimum absolute atomic E-state index is 0.00299. The number of carbonyl (C=O) groups is 1. The zero-order chi connectivity index (χ0) is 21.7. The summed E-state index contributed by atoms with van der Waals surface area (Å²) >= 11 is 0. The molecule has 1 aromatic rings. The Hall–Kier alpha value is -2.35. The Balaban J connectivity index is 1.60. The summed E-state index contributed by atoms with van der Waals surface area (Å²) in [5.41, 5.74) is -0.935. The Morgan fingerprint density at radius 2 is 2.10 bits per heavy atom. The zero-order valence-electron chi connectivity index (χ0n) is 17.2. The lowest BCUT2D eigenvalue weighted by Crippen LogP contribution is -2.53. The molecule has 1 aromatic heterocycles. The molecule has 1 aliphatic carbocycles. The molecule has 164 valence electrons. The highest BCUT2D eigenvalue weighted by Gasteiger charge is 2.37. The number of carbonyl (C=O) groups excluding carboxylic acids is 1. The van der Waals surface area contributed by atoms with Gasteiger partial charge in [0, 0.05) is 25.8 Å². The van der Waals surface area contributed by atoms with Gasteiger partial charge in [-0.3, -0.25) is 4.79 Å². The molecule has 2 heterocycles. The van der Waals surface area contributed by atoms with Crippen molar-refractivity contribution < 1.29 is 22.7 Å². The lowest BCUT2D eigenvalue weighted by atomic mass is 9.74. The summed E-state index contributed by atoms with van der Waals surface area (Å²) in [5, 5.41) is 3.43. The molecule has 8 heteroatoms. The molecule has 0 bridgehead atoms. The number of pyridine rings is 1. The normalized spacial score (nSPS) is 26.4. The van der Waals surface area contributed by atoms with E-state index in [9.17, 15) is 18.0 Å². The predicted molar refractivity (Wildman–Crippen MR) is 108 cm³/mol. The monoisotopic (exact) mass is 423 g/mol. The standard InChI is InChI=1S/C22H28F3N3O2/c1-15-6-3-4-7-16(15)17-14-26-12-9-19(17)28(2)20(29)10-13-30-21-18(22(23,24)25)8-5-11-27-21/h3-8,11,15-17,19,26H,9-10,12-14H2,1-2H3/t15?,16?,17-,19-/m0/s1. The summed E-state index contributed by atoms with van der Waals surface area (Å²) in [5.74, 6) is 0.367. The fourth-order valence-corrected chi connectivity index (χ4v) is 4.33. The quantitative estimate of drug-likeness (QED) is 0.759. The summed E-state index contributed by atoms with van der Waals surface area (Å²) < 4.78 is 44.4. The molecule has 1 N–H and O–H groups in total. The number of nitrogens with one attached hydrogen (secondary N) is 1. The largest absolute Gasteiger partial charge is 0.477 e. The Morgan fingerprint density at radius 3 is 2.83 bits per heavy atom. The van der Waals surface area contributed by atoms with Crippen LogP contribution in [0, 0.1) is 17.8 Å². The summed E-state index contributed by atoms with van der Waals surface area (Å²) in [6, 6.07) is 2.20. The van der Waals surface area contributed by atoms with Crippen LogP contribution < -0.4 is 10.1 Å². The van der Waals surface area contributed by atoms with Crippen molar-refractivity contribution in [1.82, 2.24) is 15.2 Å². The van der Waals surface area contributed by atoms with Gasteiger partial charge < -0.3 is 15.0 Å². The van der Waals surface area contributed by atoms with Crippen molar-refractivity contribution in [2.75, 3.05) is 26.7 Å². The smallest absolute Gasteiger partial charge is 0.421 e. The molecule has 2 aliphatic rings. The number of hydrogen-bond donors (Lipinski definition) is 1. The Bertz CT molecular complexity index is 794. The highest BCUT2D eigenvalue weighted by Crippen LogP contribution is 2.35. The van der Waals surface area contributed by atoms with Crippen LogP contribution >= 0.6 is 0 Å². The van der Waals surface area contributed by atoms with Crippen LogP contribution in [0.1, 0.15) is 25.3 Å². The van der Waals surface area contributed by atoms with Crippen molar-refractivity contribution in [3.8, 4) is 5.88 Å². The third-order valence-electron chi connectivity index (χ3n) is 5.97. The van der Waals surface area contributed by atoms with E-state index in [1.807, 2.05) is 6.08 Å². The van der Waals surface area contributed by atoms with Gasteiger partial charge in [-0.05, 0) is 42.9 Å². The Labute approximate surface area is 175 Å². The molecule has 5 nitrogen and oxygen atoms in total. The molecule has 30 heavy (non-hydrogen) atoms. The maximum Gasteiger partial charge on any atom is 0.421 e. The molecule has 0 saturated carbocycles. The first-order valence-electron chi connectivity index (χ1n) is 10.3. The second kappa shape index (κ2) is 9.64. The fraction of sp³-hybridized carbons (Fsp3) is 0.545. The van der Waals surface area contributed by atoms with Crippen LogP contribution in [0.3, 0.4) is 0 Å². The second-order valence-electron chi connectivity index (χ2n) is 7.89. The van der Waals surface area contributed by atoms with Gasteiger partial charge in [0.05, 0.1) is 13.0 Å². The van der Waals surface area contributed by atoms with Gasteiger partial charge in [0.15, 0.2) is 0 Å². The van der Waals surface area contributed by atoms with Crippen LogP contribution in [-0.2, 0) is 11.0 Å². The minimum atomic E-state index is -4.55. The fourth-order valence-electron chi connectivity index (χ4n) is 4.33. The highest BCUT2D eigenvalue weighted by molar-refractivity contribution is 5.76. The third kappa shape index (κ3) is 5.22. The second-order valence-corrected chi connectivity index (χ2v) is 7.89. The third-order valence-corrected chi connectivity index (χ3v) is 5.97. The number of rotatable bonds is 6. The number of piperidine rings is 1. The average Bonchev–Trinajstić information content (AvgIpc) is 2.73. The number of aromatic nitrogens is 1. The van der Waals surface area contributed by atoms with Crippen molar-refractivity contribution in [2.24, 2.45) is 17.8 Å². The van der Waals surface area contributed by atoms with Crippen LogP contribution in [-0.4, -0.2) is 48.6 Å². The summed E-state index contributed by atoms with van der Waals surface area (Å²) in [7, 11) is 1.78. The lowest BCUT2D eigenvalue weighted by Gasteiger charge is -2.43. The summed E-state index contributed by atoms with van der Waals surface area (Å²) in [6.45, 7) is 3.69. The van der Waals surface area contributed by atoms with E-state index < -0.39 is 17.6 Å². The number of alkyl halides is 3. The van der Waals surface area contributed by atoms with E-state index in [0.29, 0.717) is 11.8 Å². The van der Waals surface area contributed by atoms with Gasteiger partial charge in [-0.15, -0.1) is 0 Å². The van der Waals surface area contributed by atoms with E-state index >= 15 is 0 Å². The maximum atomic E-state index is 13.0. The minimum Gasteiger partial charge on any atom is -0.477 e. The van der Waals surface area contributed by atoms with E-state index in [2.05, 4.69) is 35.5 Å². The van der Waals surface area contributed by atoms with Crippen LogP contribution in [0.5, 0.6) is 5.88 Å². The van der Waals surface area contributed by atoms with Crippen LogP contribution in [0.2, 0.25) is 0 Å². The summed E-state index contributed by atoms with van der Waals surface area (Å²) in [4.78, 5) is 18.2. The molecular weight excluding hydrogens is 395 g/mol. The molecule has 3 rings (SSSR count). The first-order chi connectivity index (χ1) is 14.3. The molecule has 0 radical (unpaired) electrons. The Kier molecular flexibility index (Phi) is 7.18. The van der Waals surface area contributed by atoms with E-state index in [1.54, 1.807) is 11.9 Å². The molecular formula is C22H28F3N3O2. The number of hydrogen-bond acceptors (Lipinski definition) is 4. The van der Waals surface area contributed by atoms with Gasteiger partial charge in [-0.1, -0.05) is 31.2 Å². The number of amides is 1. The van der Waals surface area contributed by atoms with Gasteiger partial charge >= 0.3 is 6.18 Å².